The number of hydrogen-bond donors (Lipinski definition) is 1. The first-order chi connectivity index (χ1) is 7.25. The van der Waals surface area contributed by atoms with E-state index in [2.05, 4.69) is 0 Å². The van der Waals surface area contributed by atoms with E-state index in [9.17, 15) is 5.11 Å². The third-order valence-corrected chi connectivity index (χ3v) is 3.53. The second-order valence-electron chi connectivity index (χ2n) is 3.35. The van der Waals surface area contributed by atoms with Gasteiger partial charge in [-0.25, -0.2) is 0 Å². The molecule has 0 amide bonds. The molecule has 1 heterocycles. The normalized spacial score (nSPS) is 12.7. The number of rotatable bonds is 3. The molecule has 3 heteroatoms. The highest BCUT2D eigenvalue weighted by Crippen LogP contribution is 2.28. The van der Waals surface area contributed by atoms with E-state index in [1.165, 1.54) is 11.3 Å². The summed E-state index contributed by atoms with van der Waals surface area (Å²) in [5.74, 6) is 0. The van der Waals surface area contributed by atoms with Gasteiger partial charge < -0.3 is 5.11 Å². The Kier molecular flexibility index (Phi) is 3.41. The van der Waals surface area contributed by atoms with Gasteiger partial charge >= 0.3 is 0 Å². The molecule has 0 fully saturated rings. The third kappa shape index (κ3) is 2.81. The maximum absolute atomic E-state index is 9.94. The molecular weight excluding hydrogens is 228 g/mol. The van der Waals surface area contributed by atoms with Crippen LogP contribution in [-0.2, 0) is 6.42 Å². The first kappa shape index (κ1) is 10.7. The van der Waals surface area contributed by atoms with Crippen LogP contribution >= 0.6 is 22.9 Å². The van der Waals surface area contributed by atoms with Gasteiger partial charge in [0.2, 0.25) is 0 Å². The molecule has 78 valence electrons. The molecule has 0 aliphatic carbocycles. The largest absolute Gasteiger partial charge is 0.387 e. The van der Waals surface area contributed by atoms with Crippen LogP contribution in [0, 0.1) is 0 Å². The molecule has 0 aliphatic heterocycles. The lowest BCUT2D eigenvalue weighted by Crippen LogP contribution is -1.98. The summed E-state index contributed by atoms with van der Waals surface area (Å²) in [4.78, 5) is 0.920. The standard InChI is InChI=1S/C12H11ClOS/c13-12-7-6-11(15-12)10(14)8-9-4-2-1-3-5-9/h1-7,10,14H,8H2. The van der Waals surface area contributed by atoms with E-state index < -0.39 is 6.10 Å². The number of aliphatic hydroxyl groups excluding tert-OH is 1. The van der Waals surface area contributed by atoms with Gasteiger partial charge in [-0.1, -0.05) is 41.9 Å². The van der Waals surface area contributed by atoms with Crippen molar-refractivity contribution in [3.05, 3.63) is 57.2 Å². The number of halogens is 1. The molecule has 15 heavy (non-hydrogen) atoms. The predicted octanol–water partition coefficient (Wildman–Crippen LogP) is 3.68. The number of thiophene rings is 1. The molecule has 1 nitrogen and oxygen atoms in total. The molecular formula is C12H11ClOS. The van der Waals surface area contributed by atoms with E-state index in [4.69, 9.17) is 11.6 Å². The maximum Gasteiger partial charge on any atom is 0.0932 e. The lowest BCUT2D eigenvalue weighted by molar-refractivity contribution is 0.182. The van der Waals surface area contributed by atoms with Crippen LogP contribution in [0.25, 0.3) is 0 Å². The molecule has 1 unspecified atom stereocenters. The van der Waals surface area contributed by atoms with Crippen LogP contribution in [0.2, 0.25) is 4.34 Å². The molecule has 1 N–H and O–H groups in total. The average molecular weight is 239 g/mol. The van der Waals surface area contributed by atoms with Gasteiger partial charge in [-0.15, -0.1) is 11.3 Å². The Morgan fingerprint density at radius 1 is 1.13 bits per heavy atom. The molecule has 0 saturated heterocycles. The van der Waals surface area contributed by atoms with Crippen LogP contribution in [0.1, 0.15) is 16.5 Å². The zero-order chi connectivity index (χ0) is 10.7. The predicted molar refractivity (Wildman–Crippen MR) is 64.4 cm³/mol. The molecule has 0 radical (unpaired) electrons. The molecule has 1 aromatic carbocycles. The highest BCUT2D eigenvalue weighted by Gasteiger charge is 2.10. The summed E-state index contributed by atoms with van der Waals surface area (Å²) in [7, 11) is 0. The second kappa shape index (κ2) is 4.79. The zero-order valence-electron chi connectivity index (χ0n) is 8.06. The molecule has 0 bridgehead atoms. The van der Waals surface area contributed by atoms with Gasteiger partial charge in [-0.3, -0.25) is 0 Å². The number of benzene rings is 1. The van der Waals surface area contributed by atoms with Crippen LogP contribution in [-0.4, -0.2) is 5.11 Å². The van der Waals surface area contributed by atoms with E-state index >= 15 is 0 Å². The van der Waals surface area contributed by atoms with Crippen LogP contribution in [0.4, 0.5) is 0 Å². The summed E-state index contributed by atoms with van der Waals surface area (Å²) in [6.07, 6.45) is 0.183. The Labute approximate surface area is 98.0 Å². The smallest absolute Gasteiger partial charge is 0.0932 e. The van der Waals surface area contributed by atoms with Crippen molar-refractivity contribution in [2.24, 2.45) is 0 Å². The minimum absolute atomic E-state index is 0.454. The van der Waals surface area contributed by atoms with Crippen LogP contribution in [0.5, 0.6) is 0 Å². The lowest BCUT2D eigenvalue weighted by Gasteiger charge is -2.07. The van der Waals surface area contributed by atoms with Crippen molar-refractivity contribution in [2.45, 2.75) is 12.5 Å². The van der Waals surface area contributed by atoms with Gasteiger partial charge in [0.25, 0.3) is 0 Å². The van der Waals surface area contributed by atoms with Crippen molar-refractivity contribution in [3.63, 3.8) is 0 Å². The van der Waals surface area contributed by atoms with Gasteiger partial charge in [0.15, 0.2) is 0 Å². The summed E-state index contributed by atoms with van der Waals surface area (Å²) < 4.78 is 0.720. The van der Waals surface area contributed by atoms with E-state index in [1.54, 1.807) is 0 Å². The minimum Gasteiger partial charge on any atom is -0.387 e. The first-order valence-electron chi connectivity index (χ1n) is 4.73. The fourth-order valence-electron chi connectivity index (χ4n) is 1.45. The SMILES string of the molecule is OC(Cc1ccccc1)c1ccc(Cl)s1. The van der Waals surface area contributed by atoms with Gasteiger partial charge in [-0.05, 0) is 17.7 Å². The summed E-state index contributed by atoms with van der Waals surface area (Å²) in [5.41, 5.74) is 1.13. The highest BCUT2D eigenvalue weighted by atomic mass is 35.5. The van der Waals surface area contributed by atoms with E-state index in [0.29, 0.717) is 6.42 Å². The van der Waals surface area contributed by atoms with Crippen LogP contribution < -0.4 is 0 Å². The Balaban J connectivity index is 2.07. The molecule has 0 spiro atoms. The third-order valence-electron chi connectivity index (χ3n) is 2.19. The molecule has 1 aromatic heterocycles. The summed E-state index contributed by atoms with van der Waals surface area (Å²) in [6.45, 7) is 0. The Bertz CT molecular complexity index is 424. The van der Waals surface area contributed by atoms with Crippen LogP contribution in [0.3, 0.4) is 0 Å². The summed E-state index contributed by atoms with van der Waals surface area (Å²) in [5, 5.41) is 9.94. The minimum atomic E-state index is -0.454. The molecule has 0 aliphatic rings. The molecule has 0 saturated carbocycles. The van der Waals surface area contributed by atoms with Crippen molar-refractivity contribution in [1.82, 2.24) is 0 Å². The second-order valence-corrected chi connectivity index (χ2v) is 5.09. The summed E-state index contributed by atoms with van der Waals surface area (Å²) >= 11 is 7.25. The maximum atomic E-state index is 9.94. The van der Waals surface area contributed by atoms with Gasteiger partial charge in [0, 0.05) is 11.3 Å². The lowest BCUT2D eigenvalue weighted by atomic mass is 10.1. The van der Waals surface area contributed by atoms with Crippen molar-refractivity contribution >= 4 is 22.9 Å². The Hall–Kier alpha value is -0.830. The number of aliphatic hydroxyl groups is 1. The fourth-order valence-corrected chi connectivity index (χ4v) is 2.49. The van der Waals surface area contributed by atoms with Gasteiger partial charge in [0.1, 0.15) is 0 Å². The van der Waals surface area contributed by atoms with E-state index in [-0.39, 0.29) is 0 Å². The van der Waals surface area contributed by atoms with Crippen molar-refractivity contribution in [2.75, 3.05) is 0 Å². The van der Waals surface area contributed by atoms with Gasteiger partial charge in [0.05, 0.1) is 10.4 Å². The van der Waals surface area contributed by atoms with E-state index in [0.717, 1.165) is 14.8 Å². The Morgan fingerprint density at radius 3 is 2.47 bits per heavy atom. The highest BCUT2D eigenvalue weighted by molar-refractivity contribution is 7.16. The monoisotopic (exact) mass is 238 g/mol. The van der Waals surface area contributed by atoms with Crippen molar-refractivity contribution in [1.29, 1.82) is 0 Å². The summed E-state index contributed by atoms with van der Waals surface area (Å²) in [6, 6.07) is 13.6. The number of hydrogen-bond acceptors (Lipinski definition) is 2. The van der Waals surface area contributed by atoms with Crippen LogP contribution in [0.15, 0.2) is 42.5 Å². The Morgan fingerprint density at radius 2 is 1.87 bits per heavy atom. The average Bonchev–Trinajstić information content (AvgIpc) is 2.66. The topological polar surface area (TPSA) is 20.2 Å². The quantitative estimate of drug-likeness (QED) is 0.865. The van der Waals surface area contributed by atoms with E-state index in [1.807, 2.05) is 42.5 Å². The van der Waals surface area contributed by atoms with Crippen molar-refractivity contribution in [3.8, 4) is 0 Å². The zero-order valence-corrected chi connectivity index (χ0v) is 9.63. The molecule has 1 atom stereocenters. The van der Waals surface area contributed by atoms with Crippen molar-refractivity contribution < 1.29 is 5.11 Å². The first-order valence-corrected chi connectivity index (χ1v) is 5.92. The fraction of sp³-hybridized carbons (Fsp3) is 0.167. The van der Waals surface area contributed by atoms with Gasteiger partial charge in [-0.2, -0.15) is 0 Å². The molecule has 2 aromatic rings. The molecule has 2 rings (SSSR count).